The third-order valence-electron chi connectivity index (χ3n) is 3.99. The summed E-state index contributed by atoms with van der Waals surface area (Å²) in [4.78, 5) is 11.7. The molecule has 0 aliphatic carbocycles. The van der Waals surface area contributed by atoms with Crippen LogP contribution in [0.4, 0.5) is 0 Å². The molecule has 116 valence electrons. The van der Waals surface area contributed by atoms with E-state index in [4.69, 9.17) is 0 Å². The van der Waals surface area contributed by atoms with Crippen molar-refractivity contribution in [1.82, 2.24) is 5.32 Å². The van der Waals surface area contributed by atoms with Crippen molar-refractivity contribution in [3.05, 3.63) is 77.4 Å². The first-order valence-electron chi connectivity index (χ1n) is 7.60. The zero-order chi connectivity index (χ0) is 16.4. The van der Waals surface area contributed by atoms with E-state index in [9.17, 15) is 9.90 Å². The molecule has 1 amide bonds. The number of nitrogens with one attached hydrogen (secondary N) is 1. The molecule has 0 spiro atoms. The Morgan fingerprint density at radius 2 is 1.70 bits per heavy atom. The van der Waals surface area contributed by atoms with Gasteiger partial charge in [0.15, 0.2) is 0 Å². The van der Waals surface area contributed by atoms with Crippen LogP contribution in [-0.2, 0) is 4.79 Å². The van der Waals surface area contributed by atoms with E-state index in [1.807, 2.05) is 61.5 Å². The van der Waals surface area contributed by atoms with Gasteiger partial charge in [0.25, 0.3) is 0 Å². The molecule has 3 nitrogen and oxygen atoms in total. The fourth-order valence-corrected chi connectivity index (χ4v) is 2.87. The number of rotatable bonds is 3. The number of aromatic hydroxyl groups is 1. The second-order valence-electron chi connectivity index (χ2n) is 5.76. The fourth-order valence-electron chi connectivity index (χ4n) is 2.87. The average Bonchev–Trinajstić information content (AvgIpc) is 2.54. The van der Waals surface area contributed by atoms with E-state index in [1.54, 1.807) is 6.07 Å². The SMILES string of the molecule is CC(=O)NC(c1ccc(C)cc1)c1c(O)ccc2ccccc12. The van der Waals surface area contributed by atoms with Gasteiger partial charge in [0, 0.05) is 12.5 Å². The zero-order valence-corrected chi connectivity index (χ0v) is 13.2. The van der Waals surface area contributed by atoms with Gasteiger partial charge < -0.3 is 10.4 Å². The Hall–Kier alpha value is -2.81. The summed E-state index contributed by atoms with van der Waals surface area (Å²) in [5.41, 5.74) is 2.82. The zero-order valence-electron chi connectivity index (χ0n) is 13.2. The molecule has 0 aliphatic heterocycles. The summed E-state index contributed by atoms with van der Waals surface area (Å²) in [5, 5.41) is 15.4. The van der Waals surface area contributed by atoms with Crippen molar-refractivity contribution in [2.75, 3.05) is 0 Å². The van der Waals surface area contributed by atoms with Gasteiger partial charge >= 0.3 is 0 Å². The highest BCUT2D eigenvalue weighted by Crippen LogP contribution is 2.35. The van der Waals surface area contributed by atoms with Crippen molar-refractivity contribution in [2.45, 2.75) is 19.9 Å². The number of fused-ring (bicyclic) bond motifs is 1. The lowest BCUT2D eigenvalue weighted by Crippen LogP contribution is -2.27. The first-order valence-corrected chi connectivity index (χ1v) is 7.60. The molecule has 0 bridgehead atoms. The highest BCUT2D eigenvalue weighted by molar-refractivity contribution is 5.89. The minimum absolute atomic E-state index is 0.136. The summed E-state index contributed by atoms with van der Waals surface area (Å²) in [7, 11) is 0. The maximum Gasteiger partial charge on any atom is 0.217 e. The molecule has 1 unspecified atom stereocenters. The monoisotopic (exact) mass is 305 g/mol. The molecule has 0 saturated carbocycles. The van der Waals surface area contributed by atoms with Crippen LogP contribution in [0, 0.1) is 6.92 Å². The number of phenols is 1. The summed E-state index contributed by atoms with van der Waals surface area (Å²) in [6.07, 6.45) is 0. The summed E-state index contributed by atoms with van der Waals surface area (Å²) in [6, 6.07) is 19.0. The lowest BCUT2D eigenvalue weighted by molar-refractivity contribution is -0.119. The Balaban J connectivity index is 2.22. The Kier molecular flexibility index (Phi) is 4.02. The predicted molar refractivity (Wildman–Crippen MR) is 92.5 cm³/mol. The standard InChI is InChI=1S/C20H19NO2/c1-13-7-9-16(10-8-13)20(21-14(2)22)19-17-6-4-3-5-15(17)11-12-18(19)23/h3-12,20,23H,1-2H3,(H,21,22). The van der Waals surface area contributed by atoms with Crippen LogP contribution in [0.1, 0.15) is 29.7 Å². The van der Waals surface area contributed by atoms with Gasteiger partial charge in [-0.05, 0) is 29.3 Å². The highest BCUT2D eigenvalue weighted by Gasteiger charge is 2.21. The molecule has 2 N–H and O–H groups in total. The van der Waals surface area contributed by atoms with Gasteiger partial charge in [-0.25, -0.2) is 0 Å². The number of hydrogen-bond acceptors (Lipinski definition) is 2. The van der Waals surface area contributed by atoms with Crippen molar-refractivity contribution in [3.63, 3.8) is 0 Å². The molecule has 0 heterocycles. The van der Waals surface area contributed by atoms with Crippen LogP contribution in [0.2, 0.25) is 0 Å². The topological polar surface area (TPSA) is 49.3 Å². The first-order chi connectivity index (χ1) is 11.1. The number of benzene rings is 3. The molecule has 0 fully saturated rings. The number of phenolic OH excluding ortho intramolecular Hbond substituents is 1. The molecule has 3 heteroatoms. The van der Waals surface area contributed by atoms with E-state index in [-0.39, 0.29) is 17.7 Å². The van der Waals surface area contributed by atoms with E-state index >= 15 is 0 Å². The lowest BCUT2D eigenvalue weighted by atomic mass is 9.92. The van der Waals surface area contributed by atoms with Gasteiger partial charge in [-0.3, -0.25) is 4.79 Å². The lowest BCUT2D eigenvalue weighted by Gasteiger charge is -2.22. The summed E-state index contributed by atoms with van der Waals surface area (Å²) < 4.78 is 0. The third kappa shape index (κ3) is 3.04. The molecular weight excluding hydrogens is 286 g/mol. The van der Waals surface area contributed by atoms with Crippen LogP contribution in [0.3, 0.4) is 0 Å². The Morgan fingerprint density at radius 3 is 2.39 bits per heavy atom. The number of hydrogen-bond donors (Lipinski definition) is 2. The number of carbonyl (C=O) groups excluding carboxylic acids is 1. The first kappa shape index (κ1) is 15.1. The Morgan fingerprint density at radius 1 is 1.00 bits per heavy atom. The van der Waals surface area contributed by atoms with E-state index in [2.05, 4.69) is 5.32 Å². The van der Waals surface area contributed by atoms with E-state index in [0.29, 0.717) is 0 Å². The van der Waals surface area contributed by atoms with Crippen LogP contribution < -0.4 is 5.32 Å². The number of carbonyl (C=O) groups is 1. The maximum atomic E-state index is 11.7. The Labute approximate surface area is 135 Å². The Bertz CT molecular complexity index is 853. The molecule has 3 aromatic rings. The van der Waals surface area contributed by atoms with Crippen molar-refractivity contribution < 1.29 is 9.90 Å². The normalized spacial score (nSPS) is 12.1. The summed E-state index contributed by atoms with van der Waals surface area (Å²) >= 11 is 0. The van der Waals surface area contributed by atoms with Crippen LogP contribution in [0.25, 0.3) is 10.8 Å². The summed E-state index contributed by atoms with van der Waals surface area (Å²) in [6.45, 7) is 3.51. The quantitative estimate of drug-likeness (QED) is 0.766. The smallest absolute Gasteiger partial charge is 0.217 e. The van der Waals surface area contributed by atoms with Gasteiger partial charge in [-0.15, -0.1) is 0 Å². The van der Waals surface area contributed by atoms with Gasteiger partial charge in [0.1, 0.15) is 5.75 Å². The van der Waals surface area contributed by atoms with E-state index in [0.717, 1.165) is 27.5 Å². The van der Waals surface area contributed by atoms with Crippen LogP contribution in [0.5, 0.6) is 5.75 Å². The number of amides is 1. The van der Waals surface area contributed by atoms with Crippen molar-refractivity contribution in [2.24, 2.45) is 0 Å². The van der Waals surface area contributed by atoms with Gasteiger partial charge in [-0.2, -0.15) is 0 Å². The highest BCUT2D eigenvalue weighted by atomic mass is 16.3. The second kappa shape index (κ2) is 6.13. The molecule has 0 aliphatic rings. The van der Waals surface area contributed by atoms with Crippen LogP contribution in [0.15, 0.2) is 60.7 Å². The largest absolute Gasteiger partial charge is 0.508 e. The third-order valence-corrected chi connectivity index (χ3v) is 3.99. The van der Waals surface area contributed by atoms with Crippen molar-refractivity contribution in [1.29, 1.82) is 0 Å². The van der Waals surface area contributed by atoms with Crippen molar-refractivity contribution >= 4 is 16.7 Å². The van der Waals surface area contributed by atoms with E-state index < -0.39 is 0 Å². The van der Waals surface area contributed by atoms with Gasteiger partial charge in [0.05, 0.1) is 6.04 Å². The number of aryl methyl sites for hydroxylation is 1. The molecule has 3 rings (SSSR count). The second-order valence-corrected chi connectivity index (χ2v) is 5.76. The molecule has 23 heavy (non-hydrogen) atoms. The minimum Gasteiger partial charge on any atom is -0.508 e. The van der Waals surface area contributed by atoms with Crippen molar-refractivity contribution in [3.8, 4) is 5.75 Å². The minimum atomic E-state index is -0.390. The van der Waals surface area contributed by atoms with Gasteiger partial charge in [0.2, 0.25) is 5.91 Å². The molecule has 0 saturated heterocycles. The predicted octanol–water partition coefficient (Wildman–Crippen LogP) is 4.08. The molecule has 1 atom stereocenters. The van der Waals surface area contributed by atoms with E-state index in [1.165, 1.54) is 6.92 Å². The molecule has 0 radical (unpaired) electrons. The molecule has 0 aromatic heterocycles. The molecule has 3 aromatic carbocycles. The van der Waals surface area contributed by atoms with Crippen LogP contribution >= 0.6 is 0 Å². The molecular formula is C20H19NO2. The van der Waals surface area contributed by atoms with Gasteiger partial charge in [-0.1, -0.05) is 60.2 Å². The average molecular weight is 305 g/mol. The maximum absolute atomic E-state index is 11.7. The fraction of sp³-hybridized carbons (Fsp3) is 0.150. The summed E-state index contributed by atoms with van der Waals surface area (Å²) in [5.74, 6) is 0.0472. The van der Waals surface area contributed by atoms with Crippen LogP contribution in [-0.4, -0.2) is 11.0 Å².